The molecule has 0 amide bonds. The number of benzene rings is 1. The second-order valence-corrected chi connectivity index (χ2v) is 4.11. The molecule has 0 fully saturated rings. The molecule has 0 atom stereocenters. The summed E-state index contributed by atoms with van der Waals surface area (Å²) in [6.45, 7) is 2.02. The highest BCUT2D eigenvalue weighted by molar-refractivity contribution is 6.37. The van der Waals surface area contributed by atoms with Crippen LogP contribution in [-0.2, 0) is 4.74 Å². The molecule has 0 N–H and O–H groups in total. The van der Waals surface area contributed by atoms with Gasteiger partial charge >= 0.3 is 5.97 Å². The van der Waals surface area contributed by atoms with Crippen molar-refractivity contribution in [3.63, 3.8) is 0 Å². The van der Waals surface area contributed by atoms with Crippen molar-refractivity contribution in [1.82, 2.24) is 4.98 Å². The summed E-state index contributed by atoms with van der Waals surface area (Å²) >= 11 is 12.0. The zero-order chi connectivity index (χ0) is 12.4. The van der Waals surface area contributed by atoms with Gasteiger partial charge in [-0.05, 0) is 13.0 Å². The van der Waals surface area contributed by atoms with E-state index in [4.69, 9.17) is 27.9 Å². The number of aromatic nitrogens is 1. The molecule has 0 aliphatic rings. The van der Waals surface area contributed by atoms with Crippen molar-refractivity contribution < 1.29 is 9.53 Å². The van der Waals surface area contributed by atoms with E-state index in [1.807, 2.05) is 0 Å². The molecule has 17 heavy (non-hydrogen) atoms. The maximum Gasteiger partial charge on any atom is 0.341 e. The van der Waals surface area contributed by atoms with E-state index in [1.54, 1.807) is 31.3 Å². The van der Waals surface area contributed by atoms with Gasteiger partial charge in [0.2, 0.25) is 0 Å². The van der Waals surface area contributed by atoms with E-state index in [9.17, 15) is 4.79 Å². The third-order valence-electron chi connectivity index (χ3n) is 2.32. The lowest BCUT2D eigenvalue weighted by Crippen LogP contribution is -2.07. The Morgan fingerprint density at radius 3 is 2.82 bits per heavy atom. The van der Waals surface area contributed by atoms with Gasteiger partial charge in [0.1, 0.15) is 10.7 Å². The van der Waals surface area contributed by atoms with E-state index in [0.717, 1.165) is 0 Å². The van der Waals surface area contributed by atoms with Gasteiger partial charge in [-0.3, -0.25) is 0 Å². The average molecular weight is 270 g/mol. The summed E-state index contributed by atoms with van der Waals surface area (Å²) in [7, 11) is 0. The molecule has 5 heteroatoms. The summed E-state index contributed by atoms with van der Waals surface area (Å²) in [6, 6.07) is 5.25. The molecular weight excluding hydrogens is 261 g/mol. The minimum atomic E-state index is -0.488. The van der Waals surface area contributed by atoms with Crippen LogP contribution in [0, 0.1) is 0 Å². The van der Waals surface area contributed by atoms with Gasteiger partial charge in [0.25, 0.3) is 0 Å². The van der Waals surface area contributed by atoms with Gasteiger partial charge in [-0.1, -0.05) is 35.3 Å². The van der Waals surface area contributed by atoms with Crippen molar-refractivity contribution in [1.29, 1.82) is 0 Å². The van der Waals surface area contributed by atoms with Crippen LogP contribution in [0.4, 0.5) is 0 Å². The van der Waals surface area contributed by atoms with Crippen molar-refractivity contribution in [2.45, 2.75) is 6.92 Å². The Morgan fingerprint density at radius 2 is 2.12 bits per heavy atom. The van der Waals surface area contributed by atoms with E-state index >= 15 is 0 Å². The van der Waals surface area contributed by atoms with Crippen molar-refractivity contribution in [2.24, 2.45) is 0 Å². The first-order chi connectivity index (χ1) is 8.15. The summed E-state index contributed by atoms with van der Waals surface area (Å²) in [5.41, 5.74) is 0.258. The van der Waals surface area contributed by atoms with Gasteiger partial charge in [0.15, 0.2) is 0 Å². The average Bonchev–Trinajstić information content (AvgIpc) is 2.29. The number of hydrogen-bond donors (Lipinski definition) is 0. The molecule has 1 heterocycles. The molecule has 0 saturated carbocycles. The smallest absolute Gasteiger partial charge is 0.341 e. The van der Waals surface area contributed by atoms with E-state index in [1.165, 1.54) is 0 Å². The molecule has 0 spiro atoms. The zero-order valence-electron chi connectivity index (χ0n) is 9.04. The second-order valence-electron chi connectivity index (χ2n) is 3.35. The number of ether oxygens (including phenoxy) is 1. The predicted molar refractivity (Wildman–Crippen MR) is 67.7 cm³/mol. The summed E-state index contributed by atoms with van der Waals surface area (Å²) in [5.74, 6) is -0.488. The first-order valence-corrected chi connectivity index (χ1v) is 5.80. The molecule has 0 aliphatic heterocycles. The lowest BCUT2D eigenvalue weighted by molar-refractivity contribution is 0.0528. The van der Waals surface area contributed by atoms with Gasteiger partial charge in [-0.25, -0.2) is 9.78 Å². The van der Waals surface area contributed by atoms with Gasteiger partial charge in [0, 0.05) is 22.0 Å². The molecule has 2 aromatic rings. The molecule has 0 saturated heterocycles. The molecule has 2 rings (SSSR count). The fraction of sp³-hybridized carbons (Fsp3) is 0.167. The lowest BCUT2D eigenvalue weighted by Gasteiger charge is -2.08. The monoisotopic (exact) mass is 269 g/mol. The van der Waals surface area contributed by atoms with Crippen molar-refractivity contribution in [2.75, 3.05) is 6.61 Å². The van der Waals surface area contributed by atoms with Gasteiger partial charge in [-0.15, -0.1) is 0 Å². The topological polar surface area (TPSA) is 39.2 Å². The Hall–Kier alpha value is -1.32. The van der Waals surface area contributed by atoms with Crippen LogP contribution >= 0.6 is 23.2 Å². The van der Waals surface area contributed by atoms with E-state index < -0.39 is 5.97 Å². The number of fused-ring (bicyclic) bond motifs is 1. The Balaban J connectivity index is 2.72. The number of nitrogens with zero attached hydrogens (tertiary/aromatic N) is 1. The zero-order valence-corrected chi connectivity index (χ0v) is 10.5. The molecule has 1 aromatic heterocycles. The maximum absolute atomic E-state index is 11.8. The summed E-state index contributed by atoms with van der Waals surface area (Å²) < 4.78 is 4.95. The number of carbonyl (C=O) groups excluding carboxylic acids is 1. The molecule has 0 unspecified atom stereocenters. The van der Waals surface area contributed by atoms with Crippen molar-refractivity contribution >= 4 is 39.9 Å². The first kappa shape index (κ1) is 12.1. The molecule has 88 valence electrons. The number of esters is 1. The highest BCUT2D eigenvalue weighted by Crippen LogP contribution is 2.29. The molecule has 3 nitrogen and oxygen atoms in total. The summed E-state index contributed by atoms with van der Waals surface area (Å²) in [4.78, 5) is 15.8. The van der Waals surface area contributed by atoms with Crippen LogP contribution in [0.1, 0.15) is 17.3 Å². The normalized spacial score (nSPS) is 10.5. The van der Waals surface area contributed by atoms with Crippen molar-refractivity contribution in [3.8, 4) is 0 Å². The van der Waals surface area contributed by atoms with E-state index in [0.29, 0.717) is 15.8 Å². The van der Waals surface area contributed by atoms with E-state index in [2.05, 4.69) is 4.98 Å². The quantitative estimate of drug-likeness (QED) is 0.616. The first-order valence-electron chi connectivity index (χ1n) is 5.05. The van der Waals surface area contributed by atoms with Crippen LogP contribution in [0.3, 0.4) is 0 Å². The van der Waals surface area contributed by atoms with Crippen LogP contribution in [-0.4, -0.2) is 17.6 Å². The Labute approximate surface area is 108 Å². The Bertz CT molecular complexity index is 584. The fourth-order valence-electron chi connectivity index (χ4n) is 1.58. The van der Waals surface area contributed by atoms with Crippen LogP contribution < -0.4 is 0 Å². The largest absolute Gasteiger partial charge is 0.462 e. The maximum atomic E-state index is 11.8. The number of hydrogen-bond acceptors (Lipinski definition) is 3. The third-order valence-corrected chi connectivity index (χ3v) is 2.93. The molecule has 0 aliphatic carbocycles. The minimum absolute atomic E-state index is 0.123. The number of rotatable bonds is 2. The van der Waals surface area contributed by atoms with Crippen molar-refractivity contribution in [3.05, 3.63) is 40.1 Å². The third kappa shape index (κ3) is 2.21. The van der Waals surface area contributed by atoms with Crippen LogP contribution in [0.15, 0.2) is 24.4 Å². The number of pyridine rings is 1. The van der Waals surface area contributed by atoms with Crippen LogP contribution in [0.25, 0.3) is 10.8 Å². The van der Waals surface area contributed by atoms with Crippen LogP contribution in [0.5, 0.6) is 0 Å². The summed E-state index contributed by atoms with van der Waals surface area (Å²) in [5, 5.41) is 1.98. The lowest BCUT2D eigenvalue weighted by atomic mass is 10.1. The van der Waals surface area contributed by atoms with Gasteiger partial charge < -0.3 is 4.74 Å². The fourth-order valence-corrected chi connectivity index (χ4v) is 2.03. The molecule has 0 radical (unpaired) electrons. The molecular formula is C12H9Cl2NO2. The highest BCUT2D eigenvalue weighted by Gasteiger charge is 2.17. The Morgan fingerprint density at radius 1 is 1.35 bits per heavy atom. The van der Waals surface area contributed by atoms with Gasteiger partial charge in [0.05, 0.1) is 6.61 Å². The van der Waals surface area contributed by atoms with Crippen LogP contribution in [0.2, 0.25) is 10.2 Å². The van der Waals surface area contributed by atoms with E-state index in [-0.39, 0.29) is 17.3 Å². The Kier molecular flexibility index (Phi) is 3.50. The number of carbonyl (C=O) groups is 1. The molecule has 1 aromatic carbocycles. The second kappa shape index (κ2) is 4.90. The SMILES string of the molecule is CCOC(=O)c1c(Cl)ncc2c(Cl)cccc12. The summed E-state index contributed by atoms with van der Waals surface area (Å²) in [6.07, 6.45) is 1.54. The highest BCUT2D eigenvalue weighted by atomic mass is 35.5. The number of halogens is 2. The predicted octanol–water partition coefficient (Wildman–Crippen LogP) is 3.72. The molecule has 0 bridgehead atoms. The van der Waals surface area contributed by atoms with Gasteiger partial charge in [-0.2, -0.15) is 0 Å². The standard InChI is InChI=1S/C12H9Cl2NO2/c1-2-17-12(16)10-7-4-3-5-9(13)8(7)6-15-11(10)14/h3-6H,2H2,1H3. The minimum Gasteiger partial charge on any atom is -0.462 e.